The second kappa shape index (κ2) is 5.49. The second-order valence-electron chi connectivity index (χ2n) is 5.44. The van der Waals surface area contributed by atoms with Crippen molar-refractivity contribution in [3.05, 3.63) is 30.0 Å². The SMILES string of the molecule is NC(=O)c1nn(NC(=O)N2CCCC(F)(F)C2)c2ccccc12. The first-order valence-electron chi connectivity index (χ1n) is 7.09. The van der Waals surface area contributed by atoms with E-state index in [-0.39, 0.29) is 25.1 Å². The number of nitrogens with zero attached hydrogens (tertiary/aromatic N) is 3. The molecular formula is C14H15F2N5O2. The van der Waals surface area contributed by atoms with Gasteiger partial charge >= 0.3 is 6.03 Å². The van der Waals surface area contributed by atoms with Crippen LogP contribution in [0.5, 0.6) is 0 Å². The van der Waals surface area contributed by atoms with Gasteiger partial charge in [0.15, 0.2) is 5.69 Å². The number of para-hydroxylation sites is 1. The highest BCUT2D eigenvalue weighted by Gasteiger charge is 2.37. The summed E-state index contributed by atoms with van der Waals surface area (Å²) in [7, 11) is 0. The van der Waals surface area contributed by atoms with E-state index in [1.54, 1.807) is 24.3 Å². The normalized spacial score (nSPS) is 17.2. The number of likely N-dealkylation sites (tertiary alicyclic amines) is 1. The maximum absolute atomic E-state index is 13.4. The zero-order valence-electron chi connectivity index (χ0n) is 12.1. The number of alkyl halides is 2. The van der Waals surface area contributed by atoms with E-state index < -0.39 is 24.4 Å². The van der Waals surface area contributed by atoms with Gasteiger partial charge in [0.05, 0.1) is 12.1 Å². The number of hydrogen-bond donors (Lipinski definition) is 2. The van der Waals surface area contributed by atoms with Gasteiger partial charge < -0.3 is 10.6 Å². The van der Waals surface area contributed by atoms with Crippen LogP contribution in [0.4, 0.5) is 13.6 Å². The third-order valence-electron chi connectivity index (χ3n) is 3.70. The number of fused-ring (bicyclic) bond motifs is 1. The number of nitrogens with two attached hydrogens (primary N) is 1. The summed E-state index contributed by atoms with van der Waals surface area (Å²) in [5.74, 6) is -3.63. The van der Waals surface area contributed by atoms with Crippen LogP contribution in [0.3, 0.4) is 0 Å². The van der Waals surface area contributed by atoms with Crippen LogP contribution < -0.4 is 11.2 Å². The van der Waals surface area contributed by atoms with Gasteiger partial charge in [0, 0.05) is 18.4 Å². The third-order valence-corrected chi connectivity index (χ3v) is 3.70. The van der Waals surface area contributed by atoms with Gasteiger partial charge in [0.1, 0.15) is 0 Å². The first kappa shape index (κ1) is 15.2. The standard InChI is InChI=1S/C14H15F2N5O2/c15-14(16)6-3-7-20(8-14)13(23)19-21-10-5-2-1-4-9(10)11(18-21)12(17)22/h1-2,4-5H,3,6-8H2,(H2,17,22)(H,19,23). The van der Waals surface area contributed by atoms with Crippen molar-refractivity contribution in [3.8, 4) is 0 Å². The second-order valence-corrected chi connectivity index (χ2v) is 5.44. The molecule has 3 amide bonds. The molecular weight excluding hydrogens is 308 g/mol. The van der Waals surface area contributed by atoms with E-state index in [4.69, 9.17) is 5.73 Å². The molecule has 1 aromatic heterocycles. The Bertz CT molecular complexity index is 774. The van der Waals surface area contributed by atoms with Gasteiger partial charge in [0.25, 0.3) is 11.8 Å². The zero-order valence-corrected chi connectivity index (χ0v) is 12.1. The largest absolute Gasteiger partial charge is 0.364 e. The van der Waals surface area contributed by atoms with E-state index in [2.05, 4.69) is 10.5 Å². The Kier molecular flexibility index (Phi) is 3.63. The highest BCUT2D eigenvalue weighted by atomic mass is 19.3. The number of carbonyl (C=O) groups excluding carboxylic acids is 2. The molecule has 0 saturated carbocycles. The number of piperidine rings is 1. The number of halogens is 2. The summed E-state index contributed by atoms with van der Waals surface area (Å²) in [6.45, 7) is -0.399. The molecule has 23 heavy (non-hydrogen) atoms. The number of primary amides is 1. The van der Waals surface area contributed by atoms with Crippen molar-refractivity contribution in [2.24, 2.45) is 5.73 Å². The molecule has 2 heterocycles. The lowest BCUT2D eigenvalue weighted by Gasteiger charge is -2.32. The maximum atomic E-state index is 13.4. The summed E-state index contributed by atoms with van der Waals surface area (Å²) in [4.78, 5) is 25.7. The first-order valence-corrected chi connectivity index (χ1v) is 7.09. The average Bonchev–Trinajstić information content (AvgIpc) is 2.85. The van der Waals surface area contributed by atoms with Gasteiger partial charge in [-0.25, -0.2) is 19.0 Å². The van der Waals surface area contributed by atoms with Crippen LogP contribution in [0.2, 0.25) is 0 Å². The lowest BCUT2D eigenvalue weighted by Crippen LogP contribution is -2.49. The molecule has 0 radical (unpaired) electrons. The topological polar surface area (TPSA) is 93.2 Å². The number of hydrogen-bond acceptors (Lipinski definition) is 3. The maximum Gasteiger partial charge on any atom is 0.338 e. The Labute approximate surface area is 130 Å². The lowest BCUT2D eigenvalue weighted by atomic mass is 10.1. The number of nitrogens with one attached hydrogen (secondary N) is 1. The van der Waals surface area contributed by atoms with E-state index in [1.807, 2.05) is 0 Å². The summed E-state index contributed by atoms with van der Waals surface area (Å²) >= 11 is 0. The minimum Gasteiger partial charge on any atom is -0.364 e. The average molecular weight is 323 g/mol. The Morgan fingerprint density at radius 3 is 2.74 bits per heavy atom. The molecule has 1 aliphatic rings. The molecule has 1 aromatic carbocycles. The highest BCUT2D eigenvalue weighted by molar-refractivity contribution is 6.04. The molecule has 7 nitrogen and oxygen atoms in total. The van der Waals surface area contributed by atoms with Gasteiger partial charge in [-0.1, -0.05) is 18.2 Å². The van der Waals surface area contributed by atoms with Gasteiger partial charge in [-0.15, -0.1) is 5.10 Å². The molecule has 3 N–H and O–H groups in total. The molecule has 1 saturated heterocycles. The fourth-order valence-corrected chi connectivity index (χ4v) is 2.63. The van der Waals surface area contributed by atoms with E-state index in [9.17, 15) is 18.4 Å². The molecule has 2 aromatic rings. The van der Waals surface area contributed by atoms with Crippen molar-refractivity contribution in [1.29, 1.82) is 0 Å². The predicted octanol–water partition coefficient (Wildman–Crippen LogP) is 1.53. The minimum atomic E-state index is -2.89. The molecule has 0 unspecified atom stereocenters. The van der Waals surface area contributed by atoms with E-state index in [0.717, 1.165) is 9.69 Å². The smallest absolute Gasteiger partial charge is 0.338 e. The van der Waals surface area contributed by atoms with Crippen LogP contribution in [0, 0.1) is 0 Å². The number of benzene rings is 1. The fourth-order valence-electron chi connectivity index (χ4n) is 2.63. The number of aromatic nitrogens is 2. The molecule has 9 heteroatoms. The number of amides is 3. The van der Waals surface area contributed by atoms with Crippen LogP contribution in [0.1, 0.15) is 23.3 Å². The molecule has 1 fully saturated rings. The molecule has 1 aliphatic heterocycles. The molecule has 0 atom stereocenters. The Morgan fingerprint density at radius 1 is 1.30 bits per heavy atom. The van der Waals surface area contributed by atoms with Crippen molar-refractivity contribution < 1.29 is 18.4 Å². The van der Waals surface area contributed by atoms with Gasteiger partial charge in [0.2, 0.25) is 0 Å². The number of carbonyl (C=O) groups is 2. The number of urea groups is 1. The monoisotopic (exact) mass is 323 g/mol. The summed E-state index contributed by atoms with van der Waals surface area (Å²) < 4.78 is 26.8. The first-order chi connectivity index (χ1) is 10.9. The highest BCUT2D eigenvalue weighted by Crippen LogP contribution is 2.26. The Morgan fingerprint density at radius 2 is 2.04 bits per heavy atom. The van der Waals surface area contributed by atoms with Crippen molar-refractivity contribution in [1.82, 2.24) is 14.8 Å². The van der Waals surface area contributed by atoms with Crippen molar-refractivity contribution >= 4 is 22.8 Å². The predicted molar refractivity (Wildman–Crippen MR) is 78.8 cm³/mol. The molecule has 3 rings (SSSR count). The van der Waals surface area contributed by atoms with Crippen molar-refractivity contribution in [3.63, 3.8) is 0 Å². The summed E-state index contributed by atoms with van der Waals surface area (Å²) in [5, 5.41) is 4.43. The van der Waals surface area contributed by atoms with Crippen LogP contribution in [0.25, 0.3) is 10.9 Å². The minimum absolute atomic E-state index is 0.00451. The Hall–Kier alpha value is -2.71. The van der Waals surface area contributed by atoms with Crippen molar-refractivity contribution in [2.45, 2.75) is 18.8 Å². The number of rotatable bonds is 2. The Balaban J connectivity index is 1.87. The quantitative estimate of drug-likeness (QED) is 0.877. The molecule has 122 valence electrons. The van der Waals surface area contributed by atoms with Crippen LogP contribution in [-0.2, 0) is 0 Å². The van der Waals surface area contributed by atoms with Gasteiger partial charge in [-0.2, -0.15) is 4.79 Å². The van der Waals surface area contributed by atoms with Crippen molar-refractivity contribution in [2.75, 3.05) is 18.5 Å². The van der Waals surface area contributed by atoms with Crippen LogP contribution in [-0.4, -0.2) is 45.7 Å². The van der Waals surface area contributed by atoms with Gasteiger partial charge in [-0.3, -0.25) is 4.79 Å². The third kappa shape index (κ3) is 2.94. The summed E-state index contributed by atoms with van der Waals surface area (Å²) in [6.07, 6.45) is 0.000114. The molecule has 0 spiro atoms. The van der Waals surface area contributed by atoms with Crippen LogP contribution in [0.15, 0.2) is 24.3 Å². The van der Waals surface area contributed by atoms with E-state index >= 15 is 0 Å². The van der Waals surface area contributed by atoms with Crippen LogP contribution >= 0.6 is 0 Å². The lowest BCUT2D eigenvalue weighted by molar-refractivity contribution is -0.0513. The zero-order chi connectivity index (χ0) is 16.6. The summed E-state index contributed by atoms with van der Waals surface area (Å²) in [5.41, 5.74) is 8.15. The summed E-state index contributed by atoms with van der Waals surface area (Å²) in [6, 6.07) is 5.98. The molecule has 0 bridgehead atoms. The van der Waals surface area contributed by atoms with Gasteiger partial charge in [-0.05, 0) is 12.5 Å². The fraction of sp³-hybridized carbons (Fsp3) is 0.357. The molecule has 0 aliphatic carbocycles. The van der Waals surface area contributed by atoms with E-state index in [0.29, 0.717) is 10.9 Å². The van der Waals surface area contributed by atoms with E-state index in [1.165, 1.54) is 0 Å².